The van der Waals surface area contributed by atoms with E-state index in [1.54, 1.807) is 30.4 Å². The monoisotopic (exact) mass is 438 g/mol. The Balaban J connectivity index is 0.00000227. The highest BCUT2D eigenvalue weighted by Crippen LogP contribution is 2.39. The van der Waals surface area contributed by atoms with Gasteiger partial charge in [0.15, 0.2) is 0 Å². The first-order valence-corrected chi connectivity index (χ1v) is 11.4. The largest absolute Gasteiger partial charge is 0.507 e. The Hall–Kier alpha value is -2.88. The summed E-state index contributed by atoms with van der Waals surface area (Å²) < 4.78 is 5.78. The number of nitrogens with zero attached hydrogens (tertiary/aromatic N) is 2. The second-order valence-corrected chi connectivity index (χ2v) is 8.72. The van der Waals surface area contributed by atoms with Crippen LogP contribution in [0.2, 0.25) is 0 Å². The third-order valence-electron chi connectivity index (χ3n) is 4.36. The summed E-state index contributed by atoms with van der Waals surface area (Å²) >= 11 is 0. The molecule has 4 nitrogen and oxygen atoms in total. The van der Waals surface area contributed by atoms with Gasteiger partial charge in [-0.3, -0.25) is 0 Å². The van der Waals surface area contributed by atoms with Crippen LogP contribution >= 0.6 is 0 Å². The maximum Gasteiger partial charge on any atom is 0.251 e. The molecule has 0 spiro atoms. The molecule has 0 saturated heterocycles. The summed E-state index contributed by atoms with van der Waals surface area (Å²) in [5.41, 5.74) is 2.43. The molecule has 2 aromatic rings. The summed E-state index contributed by atoms with van der Waals surface area (Å²) in [6.07, 6.45) is 9.67. The van der Waals surface area contributed by atoms with Gasteiger partial charge in [0.25, 0.3) is 5.89 Å². The molecule has 0 aliphatic carbocycles. The second kappa shape index (κ2) is 13.5. The molecular weight excluding hydrogens is 396 g/mol. The van der Waals surface area contributed by atoms with E-state index in [2.05, 4.69) is 58.0 Å². The van der Waals surface area contributed by atoms with Crippen molar-refractivity contribution in [1.29, 1.82) is 0 Å². The van der Waals surface area contributed by atoms with Crippen LogP contribution in [0.3, 0.4) is 0 Å². The Morgan fingerprint density at radius 1 is 1.00 bits per heavy atom. The number of phenols is 1. The summed E-state index contributed by atoms with van der Waals surface area (Å²) in [6, 6.07) is 5.65. The number of hydrogen-bond donors (Lipinski definition) is 1. The minimum atomic E-state index is -0.0659. The van der Waals surface area contributed by atoms with Gasteiger partial charge >= 0.3 is 0 Å². The molecule has 32 heavy (non-hydrogen) atoms. The van der Waals surface area contributed by atoms with Gasteiger partial charge in [0.1, 0.15) is 5.75 Å². The van der Waals surface area contributed by atoms with Crippen molar-refractivity contribution in [3.63, 3.8) is 0 Å². The van der Waals surface area contributed by atoms with Crippen LogP contribution in [0.5, 0.6) is 5.75 Å². The molecule has 1 N–H and O–H groups in total. The highest BCUT2D eigenvalue weighted by atomic mass is 16.4. The Morgan fingerprint density at radius 2 is 1.62 bits per heavy atom. The zero-order chi connectivity index (χ0) is 24.9. The van der Waals surface area contributed by atoms with E-state index in [0.717, 1.165) is 17.6 Å². The molecule has 0 unspecified atom stereocenters. The SMILES string of the molecule is C=C/C=C\C(=C/C=C)c1nnc(-c2ccc(C(C)(C)CC(C)(C)C)cc2O)o1.CC.CC. The highest BCUT2D eigenvalue weighted by molar-refractivity contribution is 5.71. The van der Waals surface area contributed by atoms with E-state index in [1.165, 1.54) is 0 Å². The van der Waals surface area contributed by atoms with E-state index in [1.807, 2.05) is 45.9 Å². The Bertz CT molecular complexity index is 910. The van der Waals surface area contributed by atoms with Gasteiger partial charge in [0.05, 0.1) is 5.56 Å². The highest BCUT2D eigenvalue weighted by Gasteiger charge is 2.28. The molecule has 0 aliphatic rings. The molecule has 0 atom stereocenters. The Kier molecular flexibility index (Phi) is 12.3. The fourth-order valence-electron chi connectivity index (χ4n) is 3.51. The van der Waals surface area contributed by atoms with Crippen LogP contribution in [0.15, 0.2) is 66.2 Å². The summed E-state index contributed by atoms with van der Waals surface area (Å²) in [6.45, 7) is 26.4. The van der Waals surface area contributed by atoms with E-state index >= 15 is 0 Å². The zero-order valence-corrected chi connectivity index (χ0v) is 21.5. The first kappa shape index (κ1) is 29.1. The molecule has 0 saturated carbocycles. The van der Waals surface area contributed by atoms with E-state index in [4.69, 9.17) is 4.42 Å². The van der Waals surface area contributed by atoms with Crippen LogP contribution in [0, 0.1) is 5.41 Å². The number of phenolic OH excluding ortho intramolecular Hbond substituents is 1. The summed E-state index contributed by atoms with van der Waals surface area (Å²) in [7, 11) is 0. The van der Waals surface area contributed by atoms with E-state index in [9.17, 15) is 5.11 Å². The maximum absolute atomic E-state index is 10.6. The van der Waals surface area contributed by atoms with Gasteiger partial charge in [-0.25, -0.2) is 0 Å². The first-order chi connectivity index (χ1) is 15.1. The number of hydrogen-bond acceptors (Lipinski definition) is 4. The predicted octanol–water partition coefficient (Wildman–Crippen LogP) is 8.52. The number of allylic oxidation sites excluding steroid dienone is 6. The van der Waals surface area contributed by atoms with Gasteiger partial charge in [-0.05, 0) is 41.0 Å². The van der Waals surface area contributed by atoms with Crippen LogP contribution in [0.1, 0.15) is 80.2 Å². The summed E-state index contributed by atoms with van der Waals surface area (Å²) in [5.74, 6) is 0.754. The fraction of sp³-hybridized carbons (Fsp3) is 0.429. The molecule has 1 aromatic heterocycles. The number of benzene rings is 1. The van der Waals surface area contributed by atoms with Crippen molar-refractivity contribution >= 4 is 5.57 Å². The van der Waals surface area contributed by atoms with Crippen LogP contribution in [-0.4, -0.2) is 15.3 Å². The standard InChI is InChI=1S/C24H30N2O2.2C2H6/c1-8-10-12-17(11-9-2)21-25-26-22(28-21)19-14-13-18(15-20(19)27)24(6,7)16-23(3,4)5;2*1-2/h8-15,27H,1-2,16H2,3-7H3;2*1-2H3/b12-10-,17-11+;;. The lowest BCUT2D eigenvalue weighted by atomic mass is 9.72. The Labute approximate surface area is 195 Å². The topological polar surface area (TPSA) is 59.2 Å². The minimum absolute atomic E-state index is 0.0659. The van der Waals surface area contributed by atoms with Gasteiger partial charge in [-0.15, -0.1) is 10.2 Å². The molecule has 0 amide bonds. The summed E-state index contributed by atoms with van der Waals surface area (Å²) in [5, 5.41) is 18.8. The zero-order valence-electron chi connectivity index (χ0n) is 21.5. The van der Waals surface area contributed by atoms with Crippen molar-refractivity contribution in [3.05, 3.63) is 73.2 Å². The Morgan fingerprint density at radius 3 is 2.12 bits per heavy atom. The lowest BCUT2D eigenvalue weighted by Crippen LogP contribution is -2.24. The quantitative estimate of drug-likeness (QED) is 0.440. The van der Waals surface area contributed by atoms with E-state index in [0.29, 0.717) is 11.5 Å². The fourth-order valence-corrected chi connectivity index (χ4v) is 3.51. The normalized spacial score (nSPS) is 11.8. The van der Waals surface area contributed by atoms with Crippen LogP contribution in [0.4, 0.5) is 0 Å². The average molecular weight is 439 g/mol. The number of aromatic nitrogens is 2. The molecule has 0 bridgehead atoms. The molecule has 4 heteroatoms. The molecule has 0 radical (unpaired) electrons. The molecule has 1 heterocycles. The van der Waals surface area contributed by atoms with Crippen molar-refractivity contribution in [2.45, 2.75) is 74.1 Å². The molecule has 1 aromatic carbocycles. The average Bonchev–Trinajstić information content (AvgIpc) is 3.22. The van der Waals surface area contributed by atoms with Crippen molar-refractivity contribution in [2.75, 3.05) is 0 Å². The number of aromatic hydroxyl groups is 1. The molecule has 2 rings (SSSR count). The van der Waals surface area contributed by atoms with E-state index < -0.39 is 0 Å². The van der Waals surface area contributed by atoms with Gasteiger partial charge in [0, 0.05) is 5.57 Å². The molecular formula is C28H42N2O2. The third kappa shape index (κ3) is 8.70. The molecule has 0 aliphatic heterocycles. The minimum Gasteiger partial charge on any atom is -0.507 e. The predicted molar refractivity (Wildman–Crippen MR) is 139 cm³/mol. The van der Waals surface area contributed by atoms with Gasteiger partial charge in [0.2, 0.25) is 5.89 Å². The third-order valence-corrected chi connectivity index (χ3v) is 4.36. The van der Waals surface area contributed by atoms with E-state index in [-0.39, 0.29) is 22.5 Å². The molecule has 176 valence electrons. The second-order valence-electron chi connectivity index (χ2n) is 8.72. The van der Waals surface area contributed by atoms with Gasteiger partial charge < -0.3 is 9.52 Å². The van der Waals surface area contributed by atoms with Crippen molar-refractivity contribution in [1.82, 2.24) is 10.2 Å². The van der Waals surface area contributed by atoms with Crippen LogP contribution < -0.4 is 0 Å². The maximum atomic E-state index is 10.6. The van der Waals surface area contributed by atoms with Crippen LogP contribution in [-0.2, 0) is 5.41 Å². The van der Waals surface area contributed by atoms with Crippen molar-refractivity contribution in [3.8, 4) is 17.2 Å². The lowest BCUT2D eigenvalue weighted by Gasteiger charge is -2.33. The first-order valence-electron chi connectivity index (χ1n) is 11.4. The van der Waals surface area contributed by atoms with Gasteiger partial charge in [-0.2, -0.15) is 0 Å². The molecule has 0 fully saturated rings. The number of rotatable bonds is 7. The van der Waals surface area contributed by atoms with Gasteiger partial charge in [-0.1, -0.05) is 106 Å². The van der Waals surface area contributed by atoms with Crippen LogP contribution in [0.25, 0.3) is 17.0 Å². The van der Waals surface area contributed by atoms with Crippen molar-refractivity contribution in [2.24, 2.45) is 5.41 Å². The lowest BCUT2D eigenvalue weighted by molar-refractivity contribution is 0.283. The summed E-state index contributed by atoms with van der Waals surface area (Å²) in [4.78, 5) is 0. The smallest absolute Gasteiger partial charge is 0.251 e. The van der Waals surface area contributed by atoms with Crippen molar-refractivity contribution < 1.29 is 9.52 Å².